The number of ether oxygens (including phenoxy) is 1. The van der Waals surface area contributed by atoms with Crippen molar-refractivity contribution < 1.29 is 33.0 Å². The van der Waals surface area contributed by atoms with Gasteiger partial charge in [-0.1, -0.05) is 12.8 Å². The van der Waals surface area contributed by atoms with Crippen LogP contribution in [0, 0.1) is 11.6 Å². The van der Waals surface area contributed by atoms with Gasteiger partial charge in [-0.3, -0.25) is 14.4 Å². The van der Waals surface area contributed by atoms with Crippen LogP contribution in [0.1, 0.15) is 42.5 Å². The number of likely N-dealkylation sites (tertiary alicyclic amines) is 1. The SMILES string of the molecule is O=C(c1cc(F)cc(F)c1)N1CCN(c2ccc(OCCCN3CCCCCC3)cc2)C(=O)C1.O=CO. The van der Waals surface area contributed by atoms with E-state index in [4.69, 9.17) is 14.6 Å². The maximum absolute atomic E-state index is 13.4. The topological polar surface area (TPSA) is 90.4 Å². The molecule has 4 rings (SSSR count). The first-order chi connectivity index (χ1) is 17.9. The standard InChI is InChI=1S/C26H31F2N3O3.CH2O2/c27-21-16-20(17-22(28)18-21)26(33)30-13-14-31(25(32)19-30)23-6-8-24(9-7-23)34-15-5-12-29-10-3-1-2-4-11-29;2-1-3/h6-9,16-18H,1-5,10-15,19H2;1H,(H,2,3). The van der Waals surface area contributed by atoms with E-state index >= 15 is 0 Å². The lowest BCUT2D eigenvalue weighted by atomic mass is 10.1. The Morgan fingerprint density at radius 3 is 2.16 bits per heavy atom. The minimum Gasteiger partial charge on any atom is -0.494 e. The molecule has 2 fully saturated rings. The molecule has 1 N–H and O–H groups in total. The van der Waals surface area contributed by atoms with Crippen LogP contribution in [0.2, 0.25) is 0 Å². The Morgan fingerprint density at radius 1 is 0.946 bits per heavy atom. The van der Waals surface area contributed by atoms with Crippen molar-refractivity contribution in [3.05, 3.63) is 59.7 Å². The summed E-state index contributed by atoms with van der Waals surface area (Å²) in [7, 11) is 0. The zero-order valence-electron chi connectivity index (χ0n) is 20.8. The molecule has 200 valence electrons. The van der Waals surface area contributed by atoms with Crippen LogP contribution < -0.4 is 9.64 Å². The van der Waals surface area contributed by atoms with Crippen LogP contribution in [0.25, 0.3) is 0 Å². The molecular weight excluding hydrogens is 484 g/mol. The smallest absolute Gasteiger partial charge is 0.290 e. The number of rotatable bonds is 7. The Labute approximate surface area is 215 Å². The van der Waals surface area contributed by atoms with Gasteiger partial charge in [0.15, 0.2) is 0 Å². The molecule has 2 aliphatic heterocycles. The molecule has 0 aromatic heterocycles. The van der Waals surface area contributed by atoms with Gasteiger partial charge in [-0.05, 0) is 68.8 Å². The Balaban J connectivity index is 0.00000121. The first kappa shape index (κ1) is 28.0. The third-order valence-corrected chi connectivity index (χ3v) is 6.35. The fourth-order valence-corrected chi connectivity index (χ4v) is 4.54. The number of piperazine rings is 1. The first-order valence-electron chi connectivity index (χ1n) is 12.5. The van der Waals surface area contributed by atoms with Gasteiger partial charge in [0.25, 0.3) is 12.4 Å². The number of hydrogen-bond donors (Lipinski definition) is 1. The molecular formula is C27H33F2N3O5. The predicted octanol–water partition coefficient (Wildman–Crippen LogP) is 3.80. The maximum atomic E-state index is 13.4. The van der Waals surface area contributed by atoms with Gasteiger partial charge < -0.3 is 24.5 Å². The van der Waals surface area contributed by atoms with E-state index in [9.17, 15) is 18.4 Å². The number of halogens is 2. The van der Waals surface area contributed by atoms with Gasteiger partial charge in [-0.15, -0.1) is 0 Å². The molecule has 2 heterocycles. The number of benzene rings is 2. The molecule has 0 saturated carbocycles. The van der Waals surface area contributed by atoms with Crippen molar-refractivity contribution in [1.29, 1.82) is 0 Å². The second-order valence-corrected chi connectivity index (χ2v) is 8.99. The number of anilines is 1. The van der Waals surface area contributed by atoms with Crippen molar-refractivity contribution in [2.24, 2.45) is 0 Å². The highest BCUT2D eigenvalue weighted by molar-refractivity contribution is 6.01. The summed E-state index contributed by atoms with van der Waals surface area (Å²) >= 11 is 0. The Morgan fingerprint density at radius 2 is 1.57 bits per heavy atom. The zero-order chi connectivity index (χ0) is 26.6. The Kier molecular flexibility index (Phi) is 10.8. The van der Waals surface area contributed by atoms with Gasteiger partial charge in [0, 0.05) is 37.0 Å². The van der Waals surface area contributed by atoms with Gasteiger partial charge in [0.05, 0.1) is 6.61 Å². The Hall–Kier alpha value is -3.53. The summed E-state index contributed by atoms with van der Waals surface area (Å²) in [5.74, 6) is -1.69. The number of carboxylic acid groups (broad SMARTS) is 1. The molecule has 2 aromatic rings. The molecule has 0 aliphatic carbocycles. The third kappa shape index (κ3) is 8.52. The molecule has 0 bridgehead atoms. The van der Waals surface area contributed by atoms with Crippen molar-refractivity contribution in [3.63, 3.8) is 0 Å². The number of carbonyl (C=O) groups excluding carboxylic acids is 2. The lowest BCUT2D eigenvalue weighted by Crippen LogP contribution is -2.52. The first-order valence-corrected chi connectivity index (χ1v) is 12.5. The fourth-order valence-electron chi connectivity index (χ4n) is 4.54. The van der Waals surface area contributed by atoms with E-state index in [1.54, 1.807) is 4.90 Å². The summed E-state index contributed by atoms with van der Waals surface area (Å²) in [6.07, 6.45) is 6.21. The van der Waals surface area contributed by atoms with E-state index in [-0.39, 0.29) is 31.0 Å². The van der Waals surface area contributed by atoms with Crippen LogP contribution >= 0.6 is 0 Å². The van der Waals surface area contributed by atoms with E-state index in [1.165, 1.54) is 43.7 Å². The highest BCUT2D eigenvalue weighted by Gasteiger charge is 2.29. The molecule has 2 aliphatic rings. The van der Waals surface area contributed by atoms with Gasteiger partial charge in [0.2, 0.25) is 5.91 Å². The lowest BCUT2D eigenvalue weighted by Gasteiger charge is -2.34. The van der Waals surface area contributed by atoms with Gasteiger partial charge in [-0.2, -0.15) is 0 Å². The predicted molar refractivity (Wildman–Crippen MR) is 135 cm³/mol. The van der Waals surface area contributed by atoms with Gasteiger partial charge in [-0.25, -0.2) is 8.78 Å². The monoisotopic (exact) mass is 517 g/mol. The average Bonchev–Trinajstić information content (AvgIpc) is 3.15. The molecule has 8 nitrogen and oxygen atoms in total. The quantitative estimate of drug-likeness (QED) is 0.444. The second kappa shape index (κ2) is 14.3. The number of nitrogens with zero attached hydrogens (tertiary/aromatic N) is 3. The fraction of sp³-hybridized carbons (Fsp3) is 0.444. The van der Waals surface area contributed by atoms with E-state index in [0.717, 1.165) is 36.5 Å². The Bertz CT molecular complexity index is 1020. The highest BCUT2D eigenvalue weighted by atomic mass is 19.1. The molecule has 0 unspecified atom stereocenters. The summed E-state index contributed by atoms with van der Waals surface area (Å²) in [6, 6.07) is 10.0. The van der Waals surface area contributed by atoms with Crippen LogP contribution in [-0.2, 0) is 9.59 Å². The van der Waals surface area contributed by atoms with Crippen LogP contribution in [-0.4, -0.2) is 79.1 Å². The molecule has 0 atom stereocenters. The molecule has 10 heteroatoms. The molecule has 2 amide bonds. The molecule has 2 saturated heterocycles. The normalized spacial score (nSPS) is 16.4. The summed E-state index contributed by atoms with van der Waals surface area (Å²) < 4.78 is 32.8. The van der Waals surface area contributed by atoms with Crippen molar-refractivity contribution >= 4 is 24.0 Å². The summed E-state index contributed by atoms with van der Waals surface area (Å²) in [4.78, 5) is 39.1. The number of amides is 2. The summed E-state index contributed by atoms with van der Waals surface area (Å²) in [5.41, 5.74) is 0.627. The van der Waals surface area contributed by atoms with Gasteiger partial charge in [0.1, 0.15) is 23.9 Å². The van der Waals surface area contributed by atoms with Crippen LogP contribution in [0.15, 0.2) is 42.5 Å². The molecule has 0 radical (unpaired) electrons. The summed E-state index contributed by atoms with van der Waals surface area (Å²) in [5, 5.41) is 6.89. The minimum atomic E-state index is -0.822. The van der Waals surface area contributed by atoms with E-state index < -0.39 is 17.5 Å². The molecule has 0 spiro atoms. The maximum Gasteiger partial charge on any atom is 0.290 e. The average molecular weight is 518 g/mol. The third-order valence-electron chi connectivity index (χ3n) is 6.35. The van der Waals surface area contributed by atoms with Crippen LogP contribution in [0.4, 0.5) is 14.5 Å². The second-order valence-electron chi connectivity index (χ2n) is 8.99. The van der Waals surface area contributed by atoms with E-state index in [1.807, 2.05) is 24.3 Å². The van der Waals surface area contributed by atoms with Crippen LogP contribution in [0.3, 0.4) is 0 Å². The summed E-state index contributed by atoms with van der Waals surface area (Å²) in [6.45, 7) is 4.25. The van der Waals surface area contributed by atoms with Crippen molar-refractivity contribution in [2.45, 2.75) is 32.1 Å². The molecule has 2 aromatic carbocycles. The number of carbonyl (C=O) groups is 3. The van der Waals surface area contributed by atoms with Crippen molar-refractivity contribution in [2.75, 3.05) is 50.8 Å². The van der Waals surface area contributed by atoms with Crippen molar-refractivity contribution in [1.82, 2.24) is 9.80 Å². The molecule has 37 heavy (non-hydrogen) atoms. The largest absolute Gasteiger partial charge is 0.494 e. The van der Waals surface area contributed by atoms with Crippen LogP contribution in [0.5, 0.6) is 5.75 Å². The lowest BCUT2D eigenvalue weighted by molar-refractivity contribution is -0.123. The van der Waals surface area contributed by atoms with Crippen molar-refractivity contribution in [3.8, 4) is 5.75 Å². The van der Waals surface area contributed by atoms with Gasteiger partial charge >= 0.3 is 0 Å². The van der Waals surface area contributed by atoms with E-state index in [2.05, 4.69) is 4.90 Å². The highest BCUT2D eigenvalue weighted by Crippen LogP contribution is 2.22. The number of hydrogen-bond acceptors (Lipinski definition) is 5. The zero-order valence-corrected chi connectivity index (χ0v) is 20.8. The minimum absolute atomic E-state index is 0.101. The van der Waals surface area contributed by atoms with E-state index in [0.29, 0.717) is 19.2 Å².